The fourth-order valence-corrected chi connectivity index (χ4v) is 2.64. The third-order valence-electron chi connectivity index (χ3n) is 3.59. The molecule has 0 radical (unpaired) electrons. The highest BCUT2D eigenvalue weighted by molar-refractivity contribution is 14.0. The fraction of sp³-hybridized carbons (Fsp3) is 0.562. The van der Waals surface area contributed by atoms with Gasteiger partial charge in [-0.3, -0.25) is 0 Å². The summed E-state index contributed by atoms with van der Waals surface area (Å²) in [5.74, 6) is 0.764. The lowest BCUT2D eigenvalue weighted by Gasteiger charge is -2.23. The minimum atomic E-state index is -0.823. The second kappa shape index (κ2) is 7.98. The maximum Gasteiger partial charge on any atom is 0.191 e. The van der Waals surface area contributed by atoms with E-state index in [4.69, 9.17) is 0 Å². The number of nitrogens with zero attached hydrogens (tertiary/aromatic N) is 1. The molecule has 0 fully saturated rings. The van der Waals surface area contributed by atoms with Crippen molar-refractivity contribution in [3.8, 4) is 0 Å². The summed E-state index contributed by atoms with van der Waals surface area (Å²) in [7, 11) is 0. The van der Waals surface area contributed by atoms with Crippen LogP contribution in [-0.2, 0) is 12.0 Å². The van der Waals surface area contributed by atoms with Crippen molar-refractivity contribution in [2.24, 2.45) is 4.99 Å². The Morgan fingerprint density at radius 3 is 2.76 bits per heavy atom. The minimum Gasteiger partial charge on any atom is -0.383 e. The first-order chi connectivity index (χ1) is 9.55. The second-order valence-corrected chi connectivity index (χ2v) is 5.68. The van der Waals surface area contributed by atoms with Gasteiger partial charge in [0.25, 0.3) is 0 Å². The molecule has 1 aromatic rings. The summed E-state index contributed by atoms with van der Waals surface area (Å²) >= 11 is 0. The molecule has 3 N–H and O–H groups in total. The van der Waals surface area contributed by atoms with Gasteiger partial charge in [-0.1, -0.05) is 24.3 Å². The zero-order valence-corrected chi connectivity index (χ0v) is 15.3. The number of guanidine groups is 1. The highest BCUT2D eigenvalue weighted by atomic mass is 127. The van der Waals surface area contributed by atoms with Gasteiger partial charge >= 0.3 is 0 Å². The number of rotatable bonds is 4. The van der Waals surface area contributed by atoms with E-state index in [2.05, 4.69) is 35.5 Å². The zero-order valence-electron chi connectivity index (χ0n) is 13.0. The Hall–Kier alpha value is -0.820. The van der Waals surface area contributed by atoms with Crippen molar-refractivity contribution in [1.29, 1.82) is 0 Å². The average Bonchev–Trinajstić information content (AvgIpc) is 2.75. The monoisotopic (exact) mass is 403 g/mol. The Bertz CT molecular complexity index is 490. The molecule has 0 heterocycles. The molecule has 1 aromatic carbocycles. The summed E-state index contributed by atoms with van der Waals surface area (Å²) in [5, 5.41) is 17.3. The van der Waals surface area contributed by atoms with E-state index in [-0.39, 0.29) is 24.0 Å². The van der Waals surface area contributed by atoms with Crippen molar-refractivity contribution in [3.63, 3.8) is 0 Å². The molecule has 1 atom stereocenters. The summed E-state index contributed by atoms with van der Waals surface area (Å²) in [6.07, 6.45) is 1.67. The Morgan fingerprint density at radius 2 is 2.10 bits per heavy atom. The number of aryl methyl sites for hydroxylation is 1. The number of fused-ring (bicyclic) bond motifs is 1. The molecule has 5 heteroatoms. The molecule has 1 aliphatic rings. The van der Waals surface area contributed by atoms with Gasteiger partial charge in [-0.2, -0.15) is 0 Å². The van der Waals surface area contributed by atoms with Crippen molar-refractivity contribution in [3.05, 3.63) is 35.4 Å². The van der Waals surface area contributed by atoms with Crippen molar-refractivity contribution in [1.82, 2.24) is 10.6 Å². The van der Waals surface area contributed by atoms with E-state index in [1.165, 1.54) is 5.56 Å². The van der Waals surface area contributed by atoms with Crippen molar-refractivity contribution in [2.75, 3.05) is 13.1 Å². The fourth-order valence-electron chi connectivity index (χ4n) is 2.64. The smallest absolute Gasteiger partial charge is 0.191 e. The summed E-state index contributed by atoms with van der Waals surface area (Å²) < 4.78 is 0. The second-order valence-electron chi connectivity index (χ2n) is 5.68. The Morgan fingerprint density at radius 1 is 1.38 bits per heavy atom. The molecule has 0 aromatic heterocycles. The molecule has 4 nitrogen and oxygen atoms in total. The van der Waals surface area contributed by atoms with Crippen LogP contribution in [-0.4, -0.2) is 30.2 Å². The topological polar surface area (TPSA) is 56.7 Å². The predicted molar refractivity (Wildman–Crippen MR) is 98.3 cm³/mol. The molecule has 0 bridgehead atoms. The van der Waals surface area contributed by atoms with Gasteiger partial charge in [0.1, 0.15) is 5.60 Å². The third kappa shape index (κ3) is 4.57. The van der Waals surface area contributed by atoms with Crippen LogP contribution in [0.15, 0.2) is 29.3 Å². The Balaban J connectivity index is 0.00000220. The van der Waals surface area contributed by atoms with Crippen LogP contribution in [0.1, 0.15) is 38.3 Å². The molecule has 1 unspecified atom stereocenters. The van der Waals surface area contributed by atoms with Gasteiger partial charge in [-0.25, -0.2) is 4.99 Å². The summed E-state index contributed by atoms with van der Waals surface area (Å²) in [5.41, 5.74) is 1.45. The van der Waals surface area contributed by atoms with Gasteiger partial charge in [0.2, 0.25) is 0 Å². The SMILES string of the molecule is CCNC(=NCC1(O)CCc2ccccc21)NC(C)C.I. The lowest BCUT2D eigenvalue weighted by Crippen LogP contribution is -2.42. The van der Waals surface area contributed by atoms with Gasteiger partial charge in [-0.05, 0) is 44.7 Å². The standard InChI is InChI=1S/C16H25N3O.HI/c1-4-17-15(19-12(2)3)18-11-16(20)10-9-13-7-5-6-8-14(13)16;/h5-8,12,20H,4,9-11H2,1-3H3,(H2,17,18,19);1H. The third-order valence-corrected chi connectivity index (χ3v) is 3.59. The van der Waals surface area contributed by atoms with Crippen LogP contribution in [0, 0.1) is 0 Å². The van der Waals surface area contributed by atoms with Crippen molar-refractivity contribution < 1.29 is 5.11 Å². The number of aliphatic imine (C=N–C) groups is 1. The van der Waals surface area contributed by atoms with Crippen LogP contribution in [0.2, 0.25) is 0 Å². The van der Waals surface area contributed by atoms with E-state index < -0.39 is 5.60 Å². The van der Waals surface area contributed by atoms with Gasteiger partial charge in [0.15, 0.2) is 5.96 Å². The van der Waals surface area contributed by atoms with E-state index in [0.717, 1.165) is 30.9 Å². The largest absolute Gasteiger partial charge is 0.383 e. The molecule has 0 saturated carbocycles. The van der Waals surface area contributed by atoms with E-state index in [1.807, 2.05) is 25.1 Å². The first kappa shape index (κ1) is 18.2. The molecule has 0 amide bonds. The molecule has 0 saturated heterocycles. The Labute approximate surface area is 144 Å². The summed E-state index contributed by atoms with van der Waals surface area (Å²) in [6.45, 7) is 7.40. The minimum absolute atomic E-state index is 0. The predicted octanol–water partition coefficient (Wildman–Crippen LogP) is 2.40. The highest BCUT2D eigenvalue weighted by Crippen LogP contribution is 2.36. The number of hydrogen-bond donors (Lipinski definition) is 3. The number of halogens is 1. The molecular weight excluding hydrogens is 377 g/mol. The molecule has 0 spiro atoms. The van der Waals surface area contributed by atoms with Crippen LogP contribution in [0.25, 0.3) is 0 Å². The number of nitrogens with one attached hydrogen (secondary N) is 2. The molecule has 21 heavy (non-hydrogen) atoms. The molecule has 118 valence electrons. The number of benzene rings is 1. The highest BCUT2D eigenvalue weighted by Gasteiger charge is 2.36. The first-order valence-corrected chi connectivity index (χ1v) is 7.41. The van der Waals surface area contributed by atoms with Crippen LogP contribution >= 0.6 is 24.0 Å². The molecule has 1 aliphatic carbocycles. The van der Waals surface area contributed by atoms with Gasteiger partial charge < -0.3 is 15.7 Å². The van der Waals surface area contributed by atoms with E-state index in [9.17, 15) is 5.11 Å². The first-order valence-electron chi connectivity index (χ1n) is 7.41. The van der Waals surface area contributed by atoms with Gasteiger partial charge in [0.05, 0.1) is 6.54 Å². The maximum absolute atomic E-state index is 10.8. The molecule has 2 rings (SSSR count). The van der Waals surface area contributed by atoms with Gasteiger partial charge in [-0.15, -0.1) is 24.0 Å². The van der Waals surface area contributed by atoms with E-state index in [0.29, 0.717) is 12.6 Å². The molecular formula is C16H26IN3O. The average molecular weight is 403 g/mol. The zero-order chi connectivity index (χ0) is 14.6. The lowest BCUT2D eigenvalue weighted by molar-refractivity contribution is 0.0485. The van der Waals surface area contributed by atoms with Crippen LogP contribution < -0.4 is 10.6 Å². The lowest BCUT2D eigenvalue weighted by atomic mass is 9.96. The maximum atomic E-state index is 10.8. The van der Waals surface area contributed by atoms with Crippen LogP contribution in [0.4, 0.5) is 0 Å². The number of aliphatic hydroxyl groups is 1. The molecule has 0 aliphatic heterocycles. The van der Waals surface area contributed by atoms with Crippen molar-refractivity contribution >= 4 is 29.9 Å². The van der Waals surface area contributed by atoms with E-state index >= 15 is 0 Å². The van der Waals surface area contributed by atoms with Crippen LogP contribution in [0.3, 0.4) is 0 Å². The number of hydrogen-bond acceptors (Lipinski definition) is 2. The normalized spacial score (nSPS) is 20.9. The summed E-state index contributed by atoms with van der Waals surface area (Å²) in [6, 6.07) is 8.43. The quantitative estimate of drug-likeness (QED) is 0.411. The summed E-state index contributed by atoms with van der Waals surface area (Å²) in [4.78, 5) is 4.55. The van der Waals surface area contributed by atoms with Crippen molar-refractivity contribution in [2.45, 2.75) is 45.3 Å². The Kier molecular flexibility index (Phi) is 6.93. The van der Waals surface area contributed by atoms with Gasteiger partial charge in [0, 0.05) is 12.6 Å². The van der Waals surface area contributed by atoms with E-state index in [1.54, 1.807) is 0 Å². The van der Waals surface area contributed by atoms with Crippen LogP contribution in [0.5, 0.6) is 0 Å².